The molecule has 0 aromatic carbocycles. The van der Waals surface area contributed by atoms with Gasteiger partial charge in [-0.15, -0.1) is 0 Å². The zero-order valence-corrected chi connectivity index (χ0v) is 4.84. The predicted octanol–water partition coefficient (Wildman–Crippen LogP) is -0.616. The second-order valence-corrected chi connectivity index (χ2v) is 1.54. The molecule has 2 N–H and O–H groups in total. The van der Waals surface area contributed by atoms with E-state index in [2.05, 4.69) is 16.2 Å². The Labute approximate surface area is 50.8 Å². The smallest absolute Gasteiger partial charge is 0.357 e. The maximum Gasteiger partial charge on any atom is 0.384 e. The highest BCUT2D eigenvalue weighted by Crippen LogP contribution is 2.00. The Morgan fingerprint density at radius 1 is 1.75 bits per heavy atom. The van der Waals surface area contributed by atoms with Crippen LogP contribution in [0.2, 0.25) is 0 Å². The maximum absolute atomic E-state index is 9.98. The van der Waals surface area contributed by atoms with Crippen LogP contribution < -0.4 is 0 Å². The van der Waals surface area contributed by atoms with Crippen LogP contribution in [0.25, 0.3) is 0 Å². The largest absolute Gasteiger partial charge is 0.384 e. The average molecular weight is 141 g/mol. The molecule has 0 bridgehead atoms. The summed E-state index contributed by atoms with van der Waals surface area (Å²) >= 11 is 4.47. The van der Waals surface area contributed by atoms with E-state index in [1.165, 1.54) is 0 Å². The van der Waals surface area contributed by atoms with Gasteiger partial charge in [0.15, 0.2) is 0 Å². The van der Waals surface area contributed by atoms with Crippen LogP contribution in [-0.2, 0) is 9.08 Å². The van der Waals surface area contributed by atoms with Gasteiger partial charge in [0.25, 0.3) is 5.79 Å². The molecule has 4 nitrogen and oxygen atoms in total. The van der Waals surface area contributed by atoms with Crippen molar-refractivity contribution in [3.63, 3.8) is 0 Å². The van der Waals surface area contributed by atoms with Crippen LogP contribution in [0.15, 0.2) is 0 Å². The second kappa shape index (κ2) is 2.30. The lowest BCUT2D eigenvalue weighted by atomic mass is 10.3. The van der Waals surface area contributed by atoms with Crippen molar-refractivity contribution in [2.75, 3.05) is 0 Å². The van der Waals surface area contributed by atoms with Crippen LogP contribution >= 0.6 is 11.9 Å². The quantitative estimate of drug-likeness (QED) is 0.477. The average Bonchev–Trinajstić information content (AvgIpc) is 1.62. The molecule has 0 amide bonds. The van der Waals surface area contributed by atoms with E-state index in [-0.39, 0.29) is 0 Å². The molecule has 0 fully saturated rings. The van der Waals surface area contributed by atoms with Crippen LogP contribution in [0.5, 0.6) is 0 Å². The summed E-state index contributed by atoms with van der Waals surface area (Å²) in [5.74, 6) is -3.78. The molecule has 0 spiro atoms. The zero-order chi connectivity index (χ0) is 6.78. The summed E-state index contributed by atoms with van der Waals surface area (Å²) in [7, 11) is 0. The molecule has 8 heavy (non-hydrogen) atoms. The van der Waals surface area contributed by atoms with Crippen molar-refractivity contribution in [2.24, 2.45) is 0 Å². The van der Waals surface area contributed by atoms with Gasteiger partial charge in [-0.1, -0.05) is 0 Å². The van der Waals surface area contributed by atoms with E-state index in [0.717, 1.165) is 6.92 Å². The minimum absolute atomic E-state index is 0.845. The Kier molecular flexibility index (Phi) is 2.21. The van der Waals surface area contributed by atoms with E-state index in [1.54, 1.807) is 0 Å². The number of aliphatic hydroxyl groups is 2. The van der Waals surface area contributed by atoms with Crippen molar-refractivity contribution in [3.05, 3.63) is 0 Å². The molecule has 0 aromatic rings. The van der Waals surface area contributed by atoms with Crippen LogP contribution in [0.4, 0.5) is 0 Å². The molecule has 0 saturated carbocycles. The summed E-state index contributed by atoms with van der Waals surface area (Å²) in [5.41, 5.74) is 0. The van der Waals surface area contributed by atoms with Crippen molar-refractivity contribution in [3.8, 4) is 0 Å². The first kappa shape index (κ1) is 7.68. The monoisotopic (exact) mass is 140 g/mol. The van der Waals surface area contributed by atoms with Gasteiger partial charge in [0.1, 0.15) is 11.9 Å². The standard InChI is InChI=1S/C3H5ClO4/c1-3(6,7)2(5)8-4/h6-7H,1H3. The van der Waals surface area contributed by atoms with Crippen molar-refractivity contribution < 1.29 is 19.3 Å². The summed E-state index contributed by atoms with van der Waals surface area (Å²) in [6, 6.07) is 0. The minimum atomic E-state index is -2.48. The zero-order valence-electron chi connectivity index (χ0n) is 4.09. The topological polar surface area (TPSA) is 66.8 Å². The van der Waals surface area contributed by atoms with Crippen molar-refractivity contribution in [2.45, 2.75) is 12.7 Å². The minimum Gasteiger partial charge on any atom is -0.357 e. The fraction of sp³-hybridized carbons (Fsp3) is 0.667. The fourth-order valence-electron chi connectivity index (χ4n) is 0.0731. The second-order valence-electron chi connectivity index (χ2n) is 1.39. The highest BCUT2D eigenvalue weighted by molar-refractivity contribution is 6.13. The van der Waals surface area contributed by atoms with Gasteiger partial charge in [-0.2, -0.15) is 0 Å². The van der Waals surface area contributed by atoms with Crippen LogP contribution in [0.3, 0.4) is 0 Å². The number of hydrogen-bond acceptors (Lipinski definition) is 4. The first-order valence-corrected chi connectivity index (χ1v) is 2.07. The molecule has 0 aliphatic carbocycles. The molecule has 0 rings (SSSR count). The highest BCUT2D eigenvalue weighted by atomic mass is 35.5. The third kappa shape index (κ3) is 2.11. The Morgan fingerprint density at radius 2 is 2.12 bits per heavy atom. The third-order valence-electron chi connectivity index (χ3n) is 0.457. The molecule has 0 radical (unpaired) electrons. The molecular weight excluding hydrogens is 135 g/mol. The normalized spacial score (nSPS) is 11.0. The number of halogens is 1. The van der Waals surface area contributed by atoms with Gasteiger partial charge in [0.05, 0.1) is 0 Å². The van der Waals surface area contributed by atoms with Crippen molar-refractivity contribution >= 4 is 17.8 Å². The molecule has 0 saturated heterocycles. The van der Waals surface area contributed by atoms with Gasteiger partial charge in [-0.25, -0.2) is 4.79 Å². The van der Waals surface area contributed by atoms with Gasteiger partial charge in [-0.3, -0.25) is 0 Å². The Morgan fingerprint density at radius 3 is 2.12 bits per heavy atom. The molecule has 0 unspecified atom stereocenters. The Bertz CT molecular complexity index is 93.9. The highest BCUT2D eigenvalue weighted by Gasteiger charge is 2.28. The maximum atomic E-state index is 9.98. The van der Waals surface area contributed by atoms with Gasteiger partial charge < -0.3 is 14.5 Å². The summed E-state index contributed by atoms with van der Waals surface area (Å²) in [6.07, 6.45) is 0. The third-order valence-corrected chi connectivity index (χ3v) is 0.597. The van der Waals surface area contributed by atoms with E-state index < -0.39 is 11.8 Å². The van der Waals surface area contributed by atoms with Gasteiger partial charge >= 0.3 is 5.97 Å². The van der Waals surface area contributed by atoms with E-state index >= 15 is 0 Å². The SMILES string of the molecule is CC(O)(O)C(=O)OCl. The molecule has 0 atom stereocenters. The van der Waals surface area contributed by atoms with E-state index in [9.17, 15) is 4.79 Å². The van der Waals surface area contributed by atoms with E-state index in [1.807, 2.05) is 0 Å². The first-order valence-electron chi connectivity index (χ1n) is 1.76. The lowest BCUT2D eigenvalue weighted by Crippen LogP contribution is -2.34. The molecule has 0 heterocycles. The number of carbonyl (C=O) groups is 1. The van der Waals surface area contributed by atoms with Crippen LogP contribution in [0, 0.1) is 0 Å². The van der Waals surface area contributed by atoms with Gasteiger partial charge in [-0.05, 0) is 0 Å². The van der Waals surface area contributed by atoms with Crippen LogP contribution in [-0.4, -0.2) is 22.0 Å². The summed E-state index contributed by atoms with van der Waals surface area (Å²) in [5, 5.41) is 16.6. The molecule has 5 heteroatoms. The molecule has 0 aliphatic heterocycles. The van der Waals surface area contributed by atoms with Crippen molar-refractivity contribution in [1.29, 1.82) is 0 Å². The lowest BCUT2D eigenvalue weighted by molar-refractivity contribution is -0.193. The molecule has 0 aromatic heterocycles. The number of carbonyl (C=O) groups excluding carboxylic acids is 1. The van der Waals surface area contributed by atoms with Crippen LogP contribution in [0.1, 0.15) is 6.92 Å². The summed E-state index contributed by atoms with van der Waals surface area (Å²) in [4.78, 5) is 9.98. The van der Waals surface area contributed by atoms with Crippen molar-refractivity contribution in [1.82, 2.24) is 0 Å². The predicted molar refractivity (Wildman–Crippen MR) is 24.8 cm³/mol. The Hall–Kier alpha value is -0.320. The van der Waals surface area contributed by atoms with Gasteiger partial charge in [0, 0.05) is 6.92 Å². The number of hydrogen-bond donors (Lipinski definition) is 2. The Balaban J connectivity index is 3.82. The molecule has 48 valence electrons. The summed E-state index contributed by atoms with van der Waals surface area (Å²) < 4.78 is 3.45. The lowest BCUT2D eigenvalue weighted by Gasteiger charge is -2.08. The first-order chi connectivity index (χ1) is 3.48. The fourth-order valence-corrected chi connectivity index (χ4v) is 0.219. The van der Waals surface area contributed by atoms with E-state index in [0.29, 0.717) is 0 Å². The van der Waals surface area contributed by atoms with E-state index in [4.69, 9.17) is 10.2 Å². The molecular formula is C3H5ClO4. The summed E-state index contributed by atoms with van der Waals surface area (Å²) in [6.45, 7) is 0.845. The molecule has 0 aliphatic rings. The van der Waals surface area contributed by atoms with Gasteiger partial charge in [0.2, 0.25) is 0 Å². The number of rotatable bonds is 1.